The minimum atomic E-state index is 0.570. The number of aromatic nitrogens is 1. The van der Waals surface area contributed by atoms with Gasteiger partial charge in [-0.25, -0.2) is 4.98 Å². The summed E-state index contributed by atoms with van der Waals surface area (Å²) in [6.07, 6.45) is 1.69. The Labute approximate surface area is 132 Å². The van der Waals surface area contributed by atoms with Crippen LogP contribution >= 0.6 is 0 Å². The van der Waals surface area contributed by atoms with E-state index in [4.69, 9.17) is 5.26 Å². The van der Waals surface area contributed by atoms with Crippen molar-refractivity contribution in [3.8, 4) is 6.07 Å². The molecule has 2 rings (SSSR count). The molecule has 0 atom stereocenters. The maximum absolute atomic E-state index is 9.05. The zero-order valence-electron chi connectivity index (χ0n) is 13.2. The molecule has 1 aromatic heterocycles. The van der Waals surface area contributed by atoms with Crippen LogP contribution in [0.3, 0.4) is 0 Å². The molecule has 0 saturated carbocycles. The molecule has 0 saturated heterocycles. The highest BCUT2D eigenvalue weighted by Gasteiger charge is 2.03. The zero-order chi connectivity index (χ0) is 15.8. The van der Waals surface area contributed by atoms with Crippen LogP contribution in [0.4, 0.5) is 5.82 Å². The van der Waals surface area contributed by atoms with Crippen LogP contribution in [0.2, 0.25) is 0 Å². The highest BCUT2D eigenvalue weighted by molar-refractivity contribution is 5.51. The number of nitrogens with zero attached hydrogens (tertiary/aromatic N) is 3. The standard InChI is InChI=1S/C18H22N4/c1-3-22(4-2)14-16-9-7-15(8-10-16)13-21-18-17(12-19)6-5-11-20-18/h5-11H,3-4,13-14H2,1-2H3,(H,20,21). The van der Waals surface area contributed by atoms with E-state index in [1.807, 2.05) is 0 Å². The second kappa shape index (κ2) is 8.16. The van der Waals surface area contributed by atoms with Crippen molar-refractivity contribution in [2.45, 2.75) is 26.9 Å². The van der Waals surface area contributed by atoms with Crippen molar-refractivity contribution in [3.63, 3.8) is 0 Å². The van der Waals surface area contributed by atoms with E-state index in [0.29, 0.717) is 17.9 Å². The second-order valence-electron chi connectivity index (χ2n) is 5.14. The van der Waals surface area contributed by atoms with Gasteiger partial charge >= 0.3 is 0 Å². The Hall–Kier alpha value is -2.38. The topological polar surface area (TPSA) is 52.0 Å². The predicted octanol–water partition coefficient (Wildman–Crippen LogP) is 3.41. The number of pyridine rings is 1. The summed E-state index contributed by atoms with van der Waals surface area (Å²) in [5.41, 5.74) is 3.07. The third-order valence-electron chi connectivity index (χ3n) is 3.71. The van der Waals surface area contributed by atoms with Gasteiger partial charge in [0.2, 0.25) is 0 Å². The first kappa shape index (κ1) is 16.0. The Kier molecular flexibility index (Phi) is 5.93. The predicted molar refractivity (Wildman–Crippen MR) is 89.3 cm³/mol. The van der Waals surface area contributed by atoms with Crippen LogP contribution in [-0.2, 0) is 13.1 Å². The van der Waals surface area contributed by atoms with Crippen molar-refractivity contribution in [2.24, 2.45) is 0 Å². The van der Waals surface area contributed by atoms with Crippen LogP contribution in [0.5, 0.6) is 0 Å². The molecular formula is C18H22N4. The summed E-state index contributed by atoms with van der Waals surface area (Å²) in [6, 6.07) is 14.3. The van der Waals surface area contributed by atoms with Crippen LogP contribution in [-0.4, -0.2) is 23.0 Å². The molecule has 4 heteroatoms. The summed E-state index contributed by atoms with van der Waals surface area (Å²) in [4.78, 5) is 6.59. The number of anilines is 1. The quantitative estimate of drug-likeness (QED) is 0.850. The molecule has 0 aliphatic rings. The summed E-state index contributed by atoms with van der Waals surface area (Å²) in [5.74, 6) is 0.636. The van der Waals surface area contributed by atoms with Gasteiger partial charge in [0, 0.05) is 19.3 Å². The molecule has 114 valence electrons. The third-order valence-corrected chi connectivity index (χ3v) is 3.71. The van der Waals surface area contributed by atoms with E-state index in [1.54, 1.807) is 18.3 Å². The first-order valence-corrected chi connectivity index (χ1v) is 7.66. The molecule has 0 spiro atoms. The average Bonchev–Trinajstić information content (AvgIpc) is 2.59. The second-order valence-corrected chi connectivity index (χ2v) is 5.14. The number of nitrogens with one attached hydrogen (secondary N) is 1. The van der Waals surface area contributed by atoms with Crippen LogP contribution in [0.1, 0.15) is 30.5 Å². The van der Waals surface area contributed by atoms with Gasteiger partial charge in [0.1, 0.15) is 11.9 Å². The molecule has 22 heavy (non-hydrogen) atoms. The largest absolute Gasteiger partial charge is 0.365 e. The molecule has 0 aliphatic heterocycles. The van der Waals surface area contributed by atoms with E-state index in [2.05, 4.69) is 59.4 Å². The number of hydrogen-bond acceptors (Lipinski definition) is 4. The lowest BCUT2D eigenvalue weighted by Gasteiger charge is -2.18. The summed E-state index contributed by atoms with van der Waals surface area (Å²) in [6.45, 7) is 8.15. The summed E-state index contributed by atoms with van der Waals surface area (Å²) >= 11 is 0. The van der Waals surface area contributed by atoms with Gasteiger partial charge in [-0.1, -0.05) is 38.1 Å². The van der Waals surface area contributed by atoms with Crippen molar-refractivity contribution in [1.29, 1.82) is 5.26 Å². The summed E-state index contributed by atoms with van der Waals surface area (Å²) < 4.78 is 0. The lowest BCUT2D eigenvalue weighted by molar-refractivity contribution is 0.296. The average molecular weight is 294 g/mol. The number of rotatable bonds is 7. The molecule has 0 unspecified atom stereocenters. The Bertz CT molecular complexity index is 624. The molecule has 0 amide bonds. The fraction of sp³-hybridized carbons (Fsp3) is 0.333. The highest BCUT2D eigenvalue weighted by atomic mass is 15.1. The van der Waals surface area contributed by atoms with Crippen LogP contribution in [0, 0.1) is 11.3 Å². The van der Waals surface area contributed by atoms with E-state index in [0.717, 1.165) is 19.6 Å². The maximum Gasteiger partial charge on any atom is 0.144 e. The normalized spacial score (nSPS) is 10.5. The van der Waals surface area contributed by atoms with E-state index in [9.17, 15) is 0 Å². The molecule has 1 aromatic carbocycles. The van der Waals surface area contributed by atoms with Gasteiger partial charge in [0.25, 0.3) is 0 Å². The Morgan fingerprint density at radius 1 is 1.09 bits per heavy atom. The Balaban J connectivity index is 1.96. The molecule has 0 aliphatic carbocycles. The SMILES string of the molecule is CCN(CC)Cc1ccc(CNc2ncccc2C#N)cc1. The molecule has 0 radical (unpaired) electrons. The summed E-state index contributed by atoms with van der Waals surface area (Å²) in [5, 5.41) is 12.3. The Morgan fingerprint density at radius 3 is 2.41 bits per heavy atom. The molecule has 2 aromatic rings. The number of hydrogen-bond donors (Lipinski definition) is 1. The first-order chi connectivity index (χ1) is 10.8. The molecule has 0 bridgehead atoms. The van der Waals surface area contributed by atoms with E-state index in [-0.39, 0.29) is 0 Å². The van der Waals surface area contributed by atoms with E-state index >= 15 is 0 Å². The fourth-order valence-corrected chi connectivity index (χ4v) is 2.29. The van der Waals surface area contributed by atoms with Crippen LogP contribution in [0.15, 0.2) is 42.6 Å². The van der Waals surface area contributed by atoms with Crippen molar-refractivity contribution in [1.82, 2.24) is 9.88 Å². The van der Waals surface area contributed by atoms with Crippen molar-refractivity contribution < 1.29 is 0 Å². The Morgan fingerprint density at radius 2 is 1.77 bits per heavy atom. The van der Waals surface area contributed by atoms with Gasteiger partial charge in [0.05, 0.1) is 5.56 Å². The van der Waals surface area contributed by atoms with Crippen LogP contribution in [0.25, 0.3) is 0 Å². The molecule has 1 heterocycles. The smallest absolute Gasteiger partial charge is 0.144 e. The summed E-state index contributed by atoms with van der Waals surface area (Å²) in [7, 11) is 0. The first-order valence-electron chi connectivity index (χ1n) is 7.66. The van der Waals surface area contributed by atoms with E-state index < -0.39 is 0 Å². The number of nitriles is 1. The lowest BCUT2D eigenvalue weighted by atomic mass is 10.1. The van der Waals surface area contributed by atoms with Gasteiger partial charge in [-0.05, 0) is 36.3 Å². The van der Waals surface area contributed by atoms with E-state index in [1.165, 1.54) is 11.1 Å². The zero-order valence-corrected chi connectivity index (χ0v) is 13.2. The molecule has 0 fully saturated rings. The van der Waals surface area contributed by atoms with Crippen molar-refractivity contribution in [3.05, 3.63) is 59.3 Å². The third kappa shape index (κ3) is 4.31. The molecule has 4 nitrogen and oxygen atoms in total. The number of benzene rings is 1. The van der Waals surface area contributed by atoms with Crippen molar-refractivity contribution in [2.75, 3.05) is 18.4 Å². The molecule has 1 N–H and O–H groups in total. The van der Waals surface area contributed by atoms with Crippen molar-refractivity contribution >= 4 is 5.82 Å². The minimum absolute atomic E-state index is 0.570. The maximum atomic E-state index is 9.05. The van der Waals surface area contributed by atoms with Gasteiger partial charge < -0.3 is 5.32 Å². The molecular weight excluding hydrogens is 272 g/mol. The lowest BCUT2D eigenvalue weighted by Crippen LogP contribution is -2.22. The van der Waals surface area contributed by atoms with Gasteiger partial charge in [-0.2, -0.15) is 5.26 Å². The van der Waals surface area contributed by atoms with Gasteiger partial charge in [0.15, 0.2) is 0 Å². The highest BCUT2D eigenvalue weighted by Crippen LogP contribution is 2.13. The monoisotopic (exact) mass is 294 g/mol. The van der Waals surface area contributed by atoms with Gasteiger partial charge in [-0.3, -0.25) is 4.90 Å². The minimum Gasteiger partial charge on any atom is -0.365 e. The fourth-order valence-electron chi connectivity index (χ4n) is 2.29. The van der Waals surface area contributed by atoms with Gasteiger partial charge in [-0.15, -0.1) is 0 Å². The van der Waals surface area contributed by atoms with Crippen LogP contribution < -0.4 is 5.32 Å².